The molecule has 42 heavy (non-hydrogen) atoms. The lowest BCUT2D eigenvalue weighted by molar-refractivity contribution is -0.158. The number of allylic oxidation sites excluding steroid dienone is 4. The summed E-state index contributed by atoms with van der Waals surface area (Å²) in [5.74, 6) is -0.535. The van der Waals surface area contributed by atoms with E-state index >= 15 is 0 Å². The summed E-state index contributed by atoms with van der Waals surface area (Å²) < 4.78 is 10.7. The minimum atomic E-state index is -0.702. The number of hydrogen-bond donors (Lipinski definition) is 4. The van der Waals surface area contributed by atoms with Gasteiger partial charge in [-0.3, -0.25) is 9.59 Å². The maximum atomic E-state index is 12.9. The molecule has 2 amide bonds. The molecule has 0 aromatic carbocycles. The molecule has 2 aliphatic rings. The predicted molar refractivity (Wildman–Crippen MR) is 160 cm³/mol. The van der Waals surface area contributed by atoms with Crippen LogP contribution in [0.3, 0.4) is 0 Å². The van der Waals surface area contributed by atoms with Crippen molar-refractivity contribution in [2.45, 2.75) is 64.5 Å². The molecule has 13 nitrogen and oxygen atoms in total. The molecule has 2 saturated heterocycles. The van der Waals surface area contributed by atoms with E-state index in [1.165, 1.54) is 0 Å². The molecule has 0 saturated carbocycles. The topological polar surface area (TPSA) is 187 Å². The summed E-state index contributed by atoms with van der Waals surface area (Å²) in [6.45, 7) is 12.7. The van der Waals surface area contributed by atoms with Crippen LogP contribution in [-0.2, 0) is 19.1 Å². The van der Waals surface area contributed by atoms with E-state index in [4.69, 9.17) is 32.5 Å². The number of likely N-dealkylation sites (tertiary alicyclic amines) is 1. The number of aromatic nitrogens is 2. The first kappa shape index (κ1) is 32.4. The number of halogens is 1. The van der Waals surface area contributed by atoms with Crippen molar-refractivity contribution >= 4 is 47.0 Å². The first-order valence-corrected chi connectivity index (χ1v) is 14.0. The number of carbonyl (C=O) groups is 3. The molecule has 14 heteroatoms. The number of piperidine rings is 1. The van der Waals surface area contributed by atoms with Crippen LogP contribution in [0.25, 0.3) is 0 Å². The third-order valence-corrected chi connectivity index (χ3v) is 6.85. The van der Waals surface area contributed by atoms with Gasteiger partial charge in [-0.2, -0.15) is 4.99 Å². The minimum Gasteiger partial charge on any atom is -0.482 e. The molecule has 1 spiro atoms. The van der Waals surface area contributed by atoms with Crippen molar-refractivity contribution < 1.29 is 23.9 Å². The van der Waals surface area contributed by atoms with Crippen molar-refractivity contribution in [2.24, 2.45) is 4.99 Å². The third kappa shape index (κ3) is 9.20. The van der Waals surface area contributed by atoms with Gasteiger partial charge in [-0.1, -0.05) is 29.8 Å². The Morgan fingerprint density at radius 3 is 2.48 bits per heavy atom. The number of anilines is 2. The number of rotatable bonds is 9. The fourth-order valence-electron chi connectivity index (χ4n) is 4.35. The predicted octanol–water partition coefficient (Wildman–Crippen LogP) is 2.50. The van der Waals surface area contributed by atoms with Gasteiger partial charge in [0.05, 0.1) is 5.54 Å². The zero-order valence-electron chi connectivity index (χ0n) is 24.5. The number of nitrogens with two attached hydrogens (primary N) is 2. The molecule has 6 N–H and O–H groups in total. The second-order valence-corrected chi connectivity index (χ2v) is 11.5. The lowest BCUT2D eigenvalue weighted by Crippen LogP contribution is -2.53. The lowest BCUT2D eigenvalue weighted by atomic mass is 9.88. The SMILES string of the molecule is C=C(/C=C\C(=C/C)OCC(=O)OC(C)(C)C)CCC(=O)N1CCC2(CC1)CN/C(=N\C(=O)c1nc(Cl)c(N)nc1N)N2. The number of esters is 1. The number of amides is 2. The van der Waals surface area contributed by atoms with Crippen molar-refractivity contribution in [3.05, 3.63) is 47.0 Å². The molecule has 3 heterocycles. The maximum Gasteiger partial charge on any atom is 0.344 e. The Hall–Kier alpha value is -4.13. The summed E-state index contributed by atoms with van der Waals surface area (Å²) in [6.07, 6.45) is 7.38. The van der Waals surface area contributed by atoms with Crippen molar-refractivity contribution in [1.29, 1.82) is 0 Å². The Balaban J connectivity index is 1.43. The van der Waals surface area contributed by atoms with Gasteiger partial charge in [0.15, 0.2) is 35.0 Å². The highest BCUT2D eigenvalue weighted by Gasteiger charge is 2.40. The average Bonchev–Trinajstić information content (AvgIpc) is 3.30. The summed E-state index contributed by atoms with van der Waals surface area (Å²) in [5.41, 5.74) is 11.0. The second kappa shape index (κ2) is 13.7. The highest BCUT2D eigenvalue weighted by Crippen LogP contribution is 2.26. The highest BCUT2D eigenvalue weighted by molar-refractivity contribution is 6.31. The van der Waals surface area contributed by atoms with Gasteiger partial charge in [0, 0.05) is 26.1 Å². The van der Waals surface area contributed by atoms with Gasteiger partial charge >= 0.3 is 11.9 Å². The Morgan fingerprint density at radius 2 is 1.83 bits per heavy atom. The van der Waals surface area contributed by atoms with Crippen LogP contribution >= 0.6 is 11.6 Å². The van der Waals surface area contributed by atoms with Gasteiger partial charge in [-0.05, 0) is 59.1 Å². The van der Waals surface area contributed by atoms with Gasteiger partial charge in [0.2, 0.25) is 5.91 Å². The first-order chi connectivity index (χ1) is 19.7. The molecule has 3 rings (SSSR count). The molecule has 0 aliphatic carbocycles. The fourth-order valence-corrected chi connectivity index (χ4v) is 4.48. The monoisotopic (exact) mass is 602 g/mol. The van der Waals surface area contributed by atoms with Gasteiger partial charge in [-0.25, -0.2) is 14.8 Å². The number of ether oxygens (including phenoxy) is 2. The molecule has 1 aromatic heterocycles. The zero-order chi connectivity index (χ0) is 31.1. The molecule has 2 aliphatic heterocycles. The van der Waals surface area contributed by atoms with Crippen molar-refractivity contribution in [1.82, 2.24) is 25.5 Å². The van der Waals surface area contributed by atoms with Crippen LogP contribution in [0.5, 0.6) is 0 Å². The van der Waals surface area contributed by atoms with Crippen LogP contribution in [-0.4, -0.2) is 76.0 Å². The molecular formula is C28H39ClN8O5. The zero-order valence-corrected chi connectivity index (χ0v) is 25.2. The quantitative estimate of drug-likeness (QED) is 0.185. The van der Waals surface area contributed by atoms with E-state index in [0.717, 1.165) is 5.57 Å². The maximum absolute atomic E-state index is 12.9. The number of nitrogens with one attached hydrogen (secondary N) is 2. The van der Waals surface area contributed by atoms with E-state index in [-0.39, 0.29) is 40.5 Å². The molecule has 1 aromatic rings. The third-order valence-electron chi connectivity index (χ3n) is 6.58. The van der Waals surface area contributed by atoms with Crippen LogP contribution in [0.4, 0.5) is 11.6 Å². The Kier molecular flexibility index (Phi) is 10.6. The Morgan fingerprint density at radius 1 is 1.14 bits per heavy atom. The average molecular weight is 603 g/mol. The Bertz CT molecular complexity index is 1310. The second-order valence-electron chi connectivity index (χ2n) is 11.1. The normalized spacial score (nSPS) is 17.7. The van der Waals surface area contributed by atoms with Gasteiger partial charge < -0.3 is 36.5 Å². The molecule has 228 valence electrons. The van der Waals surface area contributed by atoms with Crippen LogP contribution < -0.4 is 22.1 Å². The fraction of sp³-hybridized carbons (Fsp3) is 0.500. The summed E-state index contributed by atoms with van der Waals surface area (Å²) in [5, 5.41) is 6.27. The molecule has 2 fully saturated rings. The number of guanidine groups is 1. The lowest BCUT2D eigenvalue weighted by Gasteiger charge is -2.38. The molecule has 0 radical (unpaired) electrons. The summed E-state index contributed by atoms with van der Waals surface area (Å²) in [7, 11) is 0. The molecular weight excluding hydrogens is 564 g/mol. The summed E-state index contributed by atoms with van der Waals surface area (Å²) in [6, 6.07) is 0. The summed E-state index contributed by atoms with van der Waals surface area (Å²) >= 11 is 5.87. The number of carbonyl (C=O) groups excluding carboxylic acids is 3. The molecule has 0 unspecified atom stereocenters. The Labute approximate surface area is 250 Å². The van der Waals surface area contributed by atoms with Crippen molar-refractivity contribution in [2.75, 3.05) is 37.7 Å². The minimum absolute atomic E-state index is 0.0381. The number of nitrogen functional groups attached to an aromatic ring is 2. The highest BCUT2D eigenvalue weighted by atomic mass is 35.5. The first-order valence-electron chi connectivity index (χ1n) is 13.6. The van der Waals surface area contributed by atoms with Gasteiger partial charge in [-0.15, -0.1) is 0 Å². The number of aliphatic imine (C=N–C) groups is 1. The van der Waals surface area contributed by atoms with E-state index < -0.39 is 17.5 Å². The van der Waals surface area contributed by atoms with E-state index in [1.54, 1.807) is 45.9 Å². The molecule has 0 bridgehead atoms. The van der Waals surface area contributed by atoms with Crippen LogP contribution in [0, 0.1) is 0 Å². The number of nitrogens with zero attached hydrogens (tertiary/aromatic N) is 4. The van der Waals surface area contributed by atoms with Gasteiger partial charge in [0.1, 0.15) is 11.4 Å². The van der Waals surface area contributed by atoms with Crippen LogP contribution in [0.2, 0.25) is 5.15 Å². The van der Waals surface area contributed by atoms with E-state index in [0.29, 0.717) is 57.0 Å². The molecule has 0 atom stereocenters. The van der Waals surface area contributed by atoms with Gasteiger partial charge in [0.25, 0.3) is 0 Å². The number of hydrogen-bond acceptors (Lipinski definition) is 9. The van der Waals surface area contributed by atoms with Crippen molar-refractivity contribution in [3.8, 4) is 0 Å². The van der Waals surface area contributed by atoms with E-state index in [1.807, 2.05) is 4.90 Å². The van der Waals surface area contributed by atoms with E-state index in [9.17, 15) is 14.4 Å². The van der Waals surface area contributed by atoms with Crippen LogP contribution in [0.1, 0.15) is 63.9 Å². The largest absolute Gasteiger partial charge is 0.482 e. The standard InChI is InChI=1S/C28H39ClN8O5/c1-6-18(41-15-20(39)42-27(3,4)5)9-7-17(2)8-10-19(38)37-13-11-28(12-14-37)16-32-26(36-28)35-25(40)21-23(30)34-24(31)22(29)33-21/h6-7,9H,2,8,10-16H2,1,3-5H3,(H4,30,31,34)(H2,32,35,36,40)/b9-7-,18-6+. The summed E-state index contributed by atoms with van der Waals surface area (Å²) in [4.78, 5) is 50.9. The van der Waals surface area contributed by atoms with Crippen molar-refractivity contribution in [3.63, 3.8) is 0 Å². The smallest absolute Gasteiger partial charge is 0.344 e. The van der Waals surface area contributed by atoms with Crippen LogP contribution in [0.15, 0.2) is 41.1 Å². The van der Waals surface area contributed by atoms with E-state index in [2.05, 4.69) is 32.2 Å².